The summed E-state index contributed by atoms with van der Waals surface area (Å²) in [5.74, 6) is 0.740. The zero-order valence-corrected chi connectivity index (χ0v) is 10.0. The summed E-state index contributed by atoms with van der Waals surface area (Å²) in [4.78, 5) is 4.00. The van der Waals surface area contributed by atoms with E-state index in [-0.39, 0.29) is 5.41 Å². The third-order valence-corrected chi connectivity index (χ3v) is 3.64. The summed E-state index contributed by atoms with van der Waals surface area (Å²) in [7, 11) is 1.84. The van der Waals surface area contributed by atoms with Crippen LogP contribution in [0.1, 0.15) is 19.0 Å². The van der Waals surface area contributed by atoms with Crippen molar-refractivity contribution in [1.82, 2.24) is 19.9 Å². The van der Waals surface area contributed by atoms with Gasteiger partial charge in [-0.25, -0.2) is 0 Å². The van der Waals surface area contributed by atoms with Gasteiger partial charge in [-0.05, 0) is 18.4 Å². The molecule has 0 spiro atoms. The van der Waals surface area contributed by atoms with Crippen molar-refractivity contribution >= 4 is 11.6 Å². The van der Waals surface area contributed by atoms with E-state index in [9.17, 15) is 0 Å². The molecule has 2 heterocycles. The van der Waals surface area contributed by atoms with Gasteiger partial charge in [-0.2, -0.15) is 15.0 Å². The van der Waals surface area contributed by atoms with Gasteiger partial charge in [0.25, 0.3) is 0 Å². The molecule has 0 aromatic carbocycles. The van der Waals surface area contributed by atoms with Crippen LogP contribution in [0.4, 0.5) is 0 Å². The lowest BCUT2D eigenvalue weighted by molar-refractivity contribution is 0.283. The van der Waals surface area contributed by atoms with Crippen LogP contribution in [0.25, 0.3) is 0 Å². The molecule has 15 heavy (non-hydrogen) atoms. The predicted molar refractivity (Wildman–Crippen MR) is 59.7 cm³/mol. The minimum Gasteiger partial charge on any atom is -0.297 e. The Labute approximate surface area is 95.2 Å². The second kappa shape index (κ2) is 4.10. The number of alkyl halides is 1. The van der Waals surface area contributed by atoms with Gasteiger partial charge in [-0.3, -0.25) is 4.90 Å². The lowest BCUT2D eigenvalue weighted by Crippen LogP contribution is -2.26. The number of nitrogens with zero attached hydrogens (tertiary/aromatic N) is 4. The number of hydrogen-bond donors (Lipinski definition) is 0. The monoisotopic (exact) mass is 228 g/mol. The number of hydrogen-bond acceptors (Lipinski definition) is 3. The molecule has 1 aromatic rings. The molecule has 0 N–H and O–H groups in total. The molecule has 1 aromatic heterocycles. The van der Waals surface area contributed by atoms with E-state index in [0.29, 0.717) is 0 Å². The number of aromatic nitrogens is 3. The SMILES string of the molecule is Cn1ncc(CN2CCC(C)(CCl)C2)n1. The van der Waals surface area contributed by atoms with Gasteiger partial charge in [-0.15, -0.1) is 11.6 Å². The number of likely N-dealkylation sites (tertiary alicyclic amines) is 1. The maximum atomic E-state index is 5.96. The fourth-order valence-electron chi connectivity index (χ4n) is 2.06. The highest BCUT2D eigenvalue weighted by molar-refractivity contribution is 6.18. The van der Waals surface area contributed by atoms with Gasteiger partial charge in [0, 0.05) is 26.0 Å². The van der Waals surface area contributed by atoms with Crippen molar-refractivity contribution in [1.29, 1.82) is 0 Å². The third-order valence-electron chi connectivity index (χ3n) is 2.99. The molecule has 0 aliphatic carbocycles. The van der Waals surface area contributed by atoms with Gasteiger partial charge in [-0.1, -0.05) is 6.92 Å². The number of halogens is 1. The standard InChI is InChI=1S/C10H17ClN4/c1-10(7-11)3-4-15(8-10)6-9-5-12-14(2)13-9/h5H,3-4,6-8H2,1-2H3. The van der Waals surface area contributed by atoms with Gasteiger partial charge in [0.1, 0.15) is 0 Å². The van der Waals surface area contributed by atoms with E-state index in [1.165, 1.54) is 6.42 Å². The third kappa shape index (κ3) is 2.49. The Hall–Kier alpha value is -0.610. The van der Waals surface area contributed by atoms with Gasteiger partial charge < -0.3 is 0 Å². The summed E-state index contributed by atoms with van der Waals surface area (Å²) < 4.78 is 0. The maximum absolute atomic E-state index is 5.96. The van der Waals surface area contributed by atoms with Crippen LogP contribution in [0.2, 0.25) is 0 Å². The molecule has 1 aliphatic heterocycles. The minimum absolute atomic E-state index is 0.282. The van der Waals surface area contributed by atoms with Crippen molar-refractivity contribution in [2.45, 2.75) is 19.9 Å². The molecule has 0 amide bonds. The van der Waals surface area contributed by atoms with E-state index in [0.717, 1.165) is 31.2 Å². The molecule has 1 saturated heterocycles. The average molecular weight is 229 g/mol. The maximum Gasteiger partial charge on any atom is 0.0967 e. The van der Waals surface area contributed by atoms with E-state index >= 15 is 0 Å². The van der Waals surface area contributed by atoms with Crippen LogP contribution in [-0.4, -0.2) is 38.9 Å². The second-order valence-electron chi connectivity index (χ2n) is 4.73. The van der Waals surface area contributed by atoms with Crippen molar-refractivity contribution in [3.63, 3.8) is 0 Å². The van der Waals surface area contributed by atoms with E-state index in [4.69, 9.17) is 11.6 Å². The molecular formula is C10H17ClN4. The van der Waals surface area contributed by atoms with Crippen LogP contribution in [0.5, 0.6) is 0 Å². The van der Waals surface area contributed by atoms with E-state index in [2.05, 4.69) is 22.0 Å². The molecule has 5 heteroatoms. The molecule has 0 saturated carbocycles. The zero-order valence-electron chi connectivity index (χ0n) is 9.28. The first kappa shape index (κ1) is 10.9. The average Bonchev–Trinajstić information content (AvgIpc) is 2.76. The highest BCUT2D eigenvalue weighted by Gasteiger charge is 2.32. The Kier molecular flexibility index (Phi) is 2.98. The first-order valence-electron chi connectivity index (χ1n) is 5.25. The van der Waals surface area contributed by atoms with Crippen molar-refractivity contribution in [2.75, 3.05) is 19.0 Å². The molecule has 1 atom stereocenters. The van der Waals surface area contributed by atoms with E-state index < -0.39 is 0 Å². The molecule has 2 rings (SSSR count). The Morgan fingerprint density at radius 2 is 2.40 bits per heavy atom. The molecular weight excluding hydrogens is 212 g/mol. The van der Waals surface area contributed by atoms with Crippen LogP contribution in [0, 0.1) is 5.41 Å². The Morgan fingerprint density at radius 1 is 1.60 bits per heavy atom. The van der Waals surface area contributed by atoms with Crippen LogP contribution in [0.3, 0.4) is 0 Å². The predicted octanol–water partition coefficient (Wildman–Crippen LogP) is 1.27. The Morgan fingerprint density at radius 3 is 2.93 bits per heavy atom. The minimum atomic E-state index is 0.282. The van der Waals surface area contributed by atoms with Crippen LogP contribution in [-0.2, 0) is 13.6 Å². The van der Waals surface area contributed by atoms with Gasteiger partial charge in [0.2, 0.25) is 0 Å². The normalized spacial score (nSPS) is 27.4. The number of aryl methyl sites for hydroxylation is 1. The highest BCUT2D eigenvalue weighted by Crippen LogP contribution is 2.31. The van der Waals surface area contributed by atoms with Crippen LogP contribution < -0.4 is 0 Å². The highest BCUT2D eigenvalue weighted by atomic mass is 35.5. The van der Waals surface area contributed by atoms with Gasteiger partial charge in [0.05, 0.1) is 11.9 Å². The summed E-state index contributed by atoms with van der Waals surface area (Å²) in [6.45, 7) is 5.31. The van der Waals surface area contributed by atoms with E-state index in [1.54, 1.807) is 4.80 Å². The molecule has 4 nitrogen and oxygen atoms in total. The summed E-state index contributed by atoms with van der Waals surface area (Å²) in [5, 5.41) is 8.35. The van der Waals surface area contributed by atoms with Crippen LogP contribution in [0.15, 0.2) is 6.20 Å². The summed E-state index contributed by atoms with van der Waals surface area (Å²) >= 11 is 5.96. The summed E-state index contributed by atoms with van der Waals surface area (Å²) in [5.41, 5.74) is 1.32. The number of rotatable bonds is 3. The molecule has 1 fully saturated rings. The molecule has 84 valence electrons. The zero-order chi connectivity index (χ0) is 10.9. The fourth-order valence-corrected chi connectivity index (χ4v) is 2.28. The van der Waals surface area contributed by atoms with Crippen LogP contribution >= 0.6 is 11.6 Å². The van der Waals surface area contributed by atoms with Crippen molar-refractivity contribution in [3.05, 3.63) is 11.9 Å². The molecule has 0 bridgehead atoms. The largest absolute Gasteiger partial charge is 0.297 e. The van der Waals surface area contributed by atoms with Gasteiger partial charge in [0.15, 0.2) is 0 Å². The topological polar surface area (TPSA) is 34.0 Å². The smallest absolute Gasteiger partial charge is 0.0967 e. The fraction of sp³-hybridized carbons (Fsp3) is 0.800. The van der Waals surface area contributed by atoms with Crippen molar-refractivity contribution in [2.24, 2.45) is 12.5 Å². The quantitative estimate of drug-likeness (QED) is 0.731. The summed E-state index contributed by atoms with van der Waals surface area (Å²) in [6.07, 6.45) is 3.01. The van der Waals surface area contributed by atoms with Gasteiger partial charge >= 0.3 is 0 Å². The Bertz CT molecular complexity index is 338. The summed E-state index contributed by atoms with van der Waals surface area (Å²) in [6, 6.07) is 0. The molecule has 0 radical (unpaired) electrons. The molecule has 1 aliphatic rings. The lowest BCUT2D eigenvalue weighted by atomic mass is 9.93. The second-order valence-corrected chi connectivity index (χ2v) is 5.00. The van der Waals surface area contributed by atoms with Crippen molar-refractivity contribution < 1.29 is 0 Å². The first-order valence-corrected chi connectivity index (χ1v) is 5.78. The first-order chi connectivity index (χ1) is 7.11. The molecule has 1 unspecified atom stereocenters. The van der Waals surface area contributed by atoms with Crippen molar-refractivity contribution in [3.8, 4) is 0 Å². The Balaban J connectivity index is 1.92. The lowest BCUT2D eigenvalue weighted by Gasteiger charge is -2.20. The van der Waals surface area contributed by atoms with E-state index in [1.807, 2.05) is 13.2 Å².